The number of aryl methyl sites for hydroxylation is 1. The number of nitrogens with one attached hydrogen (secondary N) is 2. The molecule has 1 aromatic carbocycles. The molecule has 0 amide bonds. The maximum absolute atomic E-state index is 4.36. The Kier molecular flexibility index (Phi) is 5.14. The Morgan fingerprint density at radius 2 is 2.00 bits per heavy atom. The standard InChI is InChI=1S/C13H11N6.Pr/c1-9-2-4-10(5-3-9)13-17-12(8-15-19-13)16-11-6-7-14-18-11;/h2-6,8H,1H3,(H2,14,16,17,18,19);/q-1;. The number of nitrogens with zero attached hydrogens (tertiary/aromatic N) is 4. The number of aromatic amines is 2. The van der Waals surface area contributed by atoms with Gasteiger partial charge in [0.25, 0.3) is 0 Å². The normalized spacial score (nSPS) is 11.2. The quantitative estimate of drug-likeness (QED) is 0.650. The molecular weight excluding hydrogens is 381 g/mol. The minimum Gasteiger partial charge on any atom is -0.409 e. The Morgan fingerprint density at radius 1 is 1.20 bits per heavy atom. The molecule has 2 N–H and O–H groups in total. The topological polar surface area (TPSA) is 82.6 Å². The van der Waals surface area contributed by atoms with Crippen molar-refractivity contribution >= 4 is 5.82 Å². The Balaban J connectivity index is 0.00000147. The van der Waals surface area contributed by atoms with E-state index in [1.807, 2.05) is 31.2 Å². The second-order valence-electron chi connectivity index (χ2n) is 4.04. The van der Waals surface area contributed by atoms with E-state index in [1.165, 1.54) is 11.8 Å². The van der Waals surface area contributed by atoms with Crippen molar-refractivity contribution < 1.29 is 41.3 Å². The predicted molar refractivity (Wildman–Crippen MR) is 69.2 cm³/mol. The van der Waals surface area contributed by atoms with Crippen LogP contribution in [0, 0.1) is 54.4 Å². The van der Waals surface area contributed by atoms with Crippen LogP contribution in [0.2, 0.25) is 0 Å². The fourth-order valence-corrected chi connectivity index (χ4v) is 1.60. The number of benzene rings is 1. The minimum atomic E-state index is 0. The maximum atomic E-state index is 4.36. The van der Waals surface area contributed by atoms with Crippen molar-refractivity contribution in [1.29, 1.82) is 0 Å². The summed E-state index contributed by atoms with van der Waals surface area (Å²) in [7, 11) is 0. The van der Waals surface area contributed by atoms with Crippen LogP contribution in [0.25, 0.3) is 11.4 Å². The van der Waals surface area contributed by atoms with Gasteiger partial charge in [-0.3, -0.25) is 0 Å². The Labute approximate surface area is 148 Å². The van der Waals surface area contributed by atoms with Crippen molar-refractivity contribution in [3.63, 3.8) is 0 Å². The third kappa shape index (κ3) is 3.58. The second kappa shape index (κ2) is 6.86. The van der Waals surface area contributed by atoms with Crippen molar-refractivity contribution in [2.24, 2.45) is 4.99 Å². The summed E-state index contributed by atoms with van der Waals surface area (Å²) in [5.74, 6) is 1.05. The first-order chi connectivity index (χ1) is 9.31. The van der Waals surface area contributed by atoms with E-state index in [4.69, 9.17) is 0 Å². The van der Waals surface area contributed by atoms with E-state index in [-0.39, 0.29) is 41.3 Å². The van der Waals surface area contributed by atoms with Crippen LogP contribution in [0.1, 0.15) is 5.56 Å². The molecule has 2 aromatic heterocycles. The Morgan fingerprint density at radius 3 is 2.70 bits per heavy atom. The van der Waals surface area contributed by atoms with Gasteiger partial charge in [-0.25, -0.2) is 4.98 Å². The number of aromatic nitrogens is 5. The molecular formula is C13H11N6Pr-. The third-order valence-corrected chi connectivity index (χ3v) is 2.56. The molecule has 20 heavy (non-hydrogen) atoms. The summed E-state index contributed by atoms with van der Waals surface area (Å²) in [6, 6.07) is 9.64. The van der Waals surface area contributed by atoms with Gasteiger partial charge in [0.2, 0.25) is 0 Å². The molecule has 97 valence electrons. The molecule has 0 fully saturated rings. The number of hydrogen-bond acceptors (Lipinski definition) is 4. The van der Waals surface area contributed by atoms with Crippen LogP contribution < -0.4 is 5.49 Å². The van der Waals surface area contributed by atoms with Crippen molar-refractivity contribution in [2.75, 3.05) is 0 Å². The van der Waals surface area contributed by atoms with E-state index in [2.05, 4.69) is 36.6 Å². The van der Waals surface area contributed by atoms with Gasteiger partial charge in [-0.2, -0.15) is 17.4 Å². The molecule has 0 aliphatic heterocycles. The molecule has 1 radical (unpaired) electrons. The zero-order valence-corrected chi connectivity index (χ0v) is 14.5. The van der Waals surface area contributed by atoms with Gasteiger partial charge in [-0.15, -0.1) is 5.10 Å². The van der Waals surface area contributed by atoms with E-state index in [0.29, 0.717) is 17.1 Å². The van der Waals surface area contributed by atoms with Crippen LogP contribution in [0.4, 0.5) is 5.82 Å². The largest absolute Gasteiger partial charge is 0.409 e. The van der Waals surface area contributed by atoms with E-state index < -0.39 is 0 Å². The van der Waals surface area contributed by atoms with Crippen molar-refractivity contribution in [1.82, 2.24) is 25.4 Å². The van der Waals surface area contributed by atoms with Gasteiger partial charge in [0, 0.05) is 46.9 Å². The van der Waals surface area contributed by atoms with Gasteiger partial charge in [0.1, 0.15) is 0 Å². The van der Waals surface area contributed by atoms with Crippen LogP contribution in [-0.4, -0.2) is 25.4 Å². The minimum absolute atomic E-state index is 0. The molecule has 0 saturated carbocycles. The summed E-state index contributed by atoms with van der Waals surface area (Å²) in [5, 5.41) is 13.5. The Bertz CT molecular complexity index is 727. The van der Waals surface area contributed by atoms with Crippen LogP contribution in [0.5, 0.6) is 0 Å². The van der Waals surface area contributed by atoms with Gasteiger partial charge in [0.05, 0.1) is 6.20 Å². The van der Waals surface area contributed by atoms with Gasteiger partial charge >= 0.3 is 0 Å². The van der Waals surface area contributed by atoms with E-state index >= 15 is 0 Å². The first-order valence-electron chi connectivity index (χ1n) is 5.76. The molecule has 0 aliphatic carbocycles. The van der Waals surface area contributed by atoms with Crippen LogP contribution in [-0.2, 0) is 0 Å². The summed E-state index contributed by atoms with van der Waals surface area (Å²) in [6.07, 6.45) is 4.28. The van der Waals surface area contributed by atoms with Gasteiger partial charge < -0.3 is 15.2 Å². The molecule has 0 atom stereocenters. The molecule has 0 spiro atoms. The van der Waals surface area contributed by atoms with Gasteiger partial charge in [-0.1, -0.05) is 29.8 Å². The number of rotatable bonds is 2. The molecule has 0 aliphatic rings. The van der Waals surface area contributed by atoms with Gasteiger partial charge in [0.15, 0.2) is 11.6 Å². The maximum Gasteiger partial charge on any atom is 0.183 e. The monoisotopic (exact) mass is 392 g/mol. The molecule has 0 bridgehead atoms. The number of hydrogen-bond donors (Lipinski definition) is 2. The average molecular weight is 392 g/mol. The van der Waals surface area contributed by atoms with Gasteiger partial charge in [-0.05, 0) is 12.4 Å². The molecule has 3 rings (SSSR count). The molecule has 0 unspecified atom stereocenters. The summed E-state index contributed by atoms with van der Waals surface area (Å²) in [6.45, 7) is 2.03. The summed E-state index contributed by atoms with van der Waals surface area (Å²) < 4.78 is 0. The third-order valence-electron chi connectivity index (χ3n) is 2.56. The molecule has 7 heteroatoms. The smallest absolute Gasteiger partial charge is 0.183 e. The molecule has 0 saturated heterocycles. The SMILES string of the molecule is Cc1ccc(-c2nncc(N=c3c[c-][nH][nH]3)n2)cc1.[Pr]. The van der Waals surface area contributed by atoms with Crippen molar-refractivity contribution in [3.8, 4) is 11.4 Å². The summed E-state index contributed by atoms with van der Waals surface area (Å²) >= 11 is 0. The van der Waals surface area contributed by atoms with Crippen LogP contribution in [0.3, 0.4) is 0 Å². The fraction of sp³-hybridized carbons (Fsp3) is 0.0769. The zero-order valence-electron chi connectivity index (χ0n) is 10.8. The first-order valence-corrected chi connectivity index (χ1v) is 5.76. The molecule has 3 aromatic rings. The fourth-order valence-electron chi connectivity index (χ4n) is 1.60. The van der Waals surface area contributed by atoms with Crippen LogP contribution >= 0.6 is 0 Å². The summed E-state index contributed by atoms with van der Waals surface area (Å²) in [5.41, 5.74) is 2.74. The van der Waals surface area contributed by atoms with E-state index in [9.17, 15) is 0 Å². The average Bonchev–Trinajstić information content (AvgIpc) is 2.93. The molecule has 2 heterocycles. The van der Waals surface area contributed by atoms with E-state index in [1.54, 1.807) is 6.07 Å². The first kappa shape index (κ1) is 15.0. The van der Waals surface area contributed by atoms with Crippen molar-refractivity contribution in [3.05, 3.63) is 53.8 Å². The molecule has 6 nitrogen and oxygen atoms in total. The number of H-pyrrole nitrogens is 2. The predicted octanol–water partition coefficient (Wildman–Crippen LogP) is 1.54. The van der Waals surface area contributed by atoms with E-state index in [0.717, 1.165) is 5.56 Å². The zero-order chi connectivity index (χ0) is 13.1. The Hall–Kier alpha value is -1.40. The van der Waals surface area contributed by atoms with Crippen LogP contribution in [0.15, 0.2) is 41.5 Å². The van der Waals surface area contributed by atoms with Crippen molar-refractivity contribution in [2.45, 2.75) is 6.92 Å². The second-order valence-corrected chi connectivity index (χ2v) is 4.04. The summed E-state index contributed by atoms with van der Waals surface area (Å²) in [4.78, 5) is 8.63.